The van der Waals surface area contributed by atoms with E-state index in [1.807, 2.05) is 26.0 Å². The normalized spacial score (nSPS) is 11.7. The van der Waals surface area contributed by atoms with Crippen molar-refractivity contribution in [1.82, 2.24) is 14.7 Å². The Morgan fingerprint density at radius 1 is 1.25 bits per heavy atom. The van der Waals surface area contributed by atoms with Crippen molar-refractivity contribution in [2.75, 3.05) is 6.54 Å². The Morgan fingerprint density at radius 2 is 1.95 bits per heavy atom. The molecule has 0 unspecified atom stereocenters. The number of hydrogen-bond acceptors (Lipinski definition) is 3. The molecule has 1 aromatic heterocycles. The van der Waals surface area contributed by atoms with Crippen LogP contribution in [0.2, 0.25) is 0 Å². The summed E-state index contributed by atoms with van der Waals surface area (Å²) in [4.78, 5) is 7.45. The summed E-state index contributed by atoms with van der Waals surface area (Å²) in [5.74, 6) is 0.831. The fraction of sp³-hybridized carbons (Fsp3) is 0.357. The largest absolute Gasteiger partial charge is 0.346 e. The minimum Gasteiger partial charge on any atom is -0.346 e. The van der Waals surface area contributed by atoms with Crippen LogP contribution in [0.1, 0.15) is 24.0 Å². The van der Waals surface area contributed by atoms with Gasteiger partial charge in [0.1, 0.15) is 5.82 Å². The van der Waals surface area contributed by atoms with E-state index in [9.17, 15) is 8.42 Å². The van der Waals surface area contributed by atoms with Crippen LogP contribution in [0, 0.1) is 6.92 Å². The van der Waals surface area contributed by atoms with Crippen LogP contribution < -0.4 is 4.72 Å². The average Bonchev–Trinajstić information content (AvgIpc) is 2.84. The summed E-state index contributed by atoms with van der Waals surface area (Å²) in [6.07, 6.45) is 3.21. The Kier molecular flexibility index (Phi) is 4.57. The number of rotatable bonds is 6. The average molecular weight is 293 g/mol. The van der Waals surface area contributed by atoms with Gasteiger partial charge in [0.25, 0.3) is 0 Å². The zero-order valence-corrected chi connectivity index (χ0v) is 12.5. The van der Waals surface area contributed by atoms with Gasteiger partial charge in [-0.05, 0) is 31.0 Å². The molecule has 0 aliphatic carbocycles. The molecule has 0 fully saturated rings. The molecule has 0 aliphatic rings. The van der Waals surface area contributed by atoms with Crippen molar-refractivity contribution in [3.8, 4) is 0 Å². The SMILES string of the molecule is CCc1ccc(S(=O)(=O)NCCc2cnc(C)[nH]2)cc1. The van der Waals surface area contributed by atoms with E-state index >= 15 is 0 Å². The molecular formula is C14H19N3O2S. The lowest BCUT2D eigenvalue weighted by molar-refractivity contribution is 0.581. The molecule has 0 saturated heterocycles. The summed E-state index contributed by atoms with van der Waals surface area (Å²) in [7, 11) is -3.43. The van der Waals surface area contributed by atoms with Gasteiger partial charge in [0.05, 0.1) is 4.90 Å². The van der Waals surface area contributed by atoms with Crippen LogP contribution in [0.3, 0.4) is 0 Å². The third kappa shape index (κ3) is 3.68. The molecular weight excluding hydrogens is 274 g/mol. The molecule has 0 radical (unpaired) electrons. The molecule has 5 nitrogen and oxygen atoms in total. The zero-order chi connectivity index (χ0) is 14.6. The molecule has 6 heteroatoms. The minimum atomic E-state index is -3.43. The van der Waals surface area contributed by atoms with Crippen LogP contribution in [-0.4, -0.2) is 24.9 Å². The van der Waals surface area contributed by atoms with E-state index in [0.29, 0.717) is 17.9 Å². The number of sulfonamides is 1. The van der Waals surface area contributed by atoms with E-state index < -0.39 is 10.0 Å². The molecule has 0 amide bonds. The van der Waals surface area contributed by atoms with E-state index in [1.165, 1.54) is 0 Å². The summed E-state index contributed by atoms with van der Waals surface area (Å²) in [6.45, 7) is 4.25. The third-order valence-corrected chi connectivity index (χ3v) is 4.56. The van der Waals surface area contributed by atoms with E-state index in [2.05, 4.69) is 14.7 Å². The van der Waals surface area contributed by atoms with Gasteiger partial charge in [0, 0.05) is 24.9 Å². The van der Waals surface area contributed by atoms with Crippen LogP contribution in [0.15, 0.2) is 35.4 Å². The highest BCUT2D eigenvalue weighted by molar-refractivity contribution is 7.89. The summed E-state index contributed by atoms with van der Waals surface area (Å²) in [5, 5.41) is 0. The van der Waals surface area contributed by atoms with E-state index in [0.717, 1.165) is 23.5 Å². The lowest BCUT2D eigenvalue weighted by Crippen LogP contribution is -2.26. The molecule has 20 heavy (non-hydrogen) atoms. The number of aryl methyl sites for hydroxylation is 2. The predicted molar refractivity (Wildman–Crippen MR) is 78.0 cm³/mol. The van der Waals surface area contributed by atoms with E-state index in [-0.39, 0.29) is 0 Å². The number of aromatic amines is 1. The zero-order valence-electron chi connectivity index (χ0n) is 11.7. The molecule has 1 aromatic carbocycles. The predicted octanol–water partition coefficient (Wildman–Crippen LogP) is 1.80. The summed E-state index contributed by atoms with van der Waals surface area (Å²) < 4.78 is 26.8. The summed E-state index contributed by atoms with van der Waals surface area (Å²) in [5.41, 5.74) is 2.04. The van der Waals surface area contributed by atoms with Gasteiger partial charge in [-0.1, -0.05) is 19.1 Å². The maximum absolute atomic E-state index is 12.1. The molecule has 108 valence electrons. The molecule has 0 spiro atoms. The lowest BCUT2D eigenvalue weighted by atomic mass is 10.2. The second-order valence-corrected chi connectivity index (χ2v) is 6.41. The smallest absolute Gasteiger partial charge is 0.240 e. The summed E-state index contributed by atoms with van der Waals surface area (Å²) >= 11 is 0. The molecule has 0 saturated carbocycles. The van der Waals surface area contributed by atoms with Gasteiger partial charge in [-0.15, -0.1) is 0 Å². The standard InChI is InChI=1S/C14H19N3O2S/c1-3-12-4-6-14(7-5-12)20(18,19)16-9-8-13-10-15-11(2)17-13/h4-7,10,16H,3,8-9H2,1-2H3,(H,15,17). The molecule has 2 aromatic rings. The molecule has 1 heterocycles. The fourth-order valence-electron chi connectivity index (χ4n) is 1.91. The van der Waals surface area contributed by atoms with Gasteiger partial charge in [-0.25, -0.2) is 18.1 Å². The Balaban J connectivity index is 1.96. The molecule has 0 aliphatic heterocycles. The van der Waals surface area contributed by atoms with Crippen LogP contribution >= 0.6 is 0 Å². The second kappa shape index (κ2) is 6.19. The Bertz CT molecular complexity index is 660. The third-order valence-electron chi connectivity index (χ3n) is 3.08. The highest BCUT2D eigenvalue weighted by Gasteiger charge is 2.13. The van der Waals surface area contributed by atoms with E-state index in [4.69, 9.17) is 0 Å². The van der Waals surface area contributed by atoms with Gasteiger partial charge in [-0.2, -0.15) is 0 Å². The monoisotopic (exact) mass is 293 g/mol. The van der Waals surface area contributed by atoms with Gasteiger partial charge in [0.15, 0.2) is 0 Å². The molecule has 2 rings (SSSR count). The fourth-order valence-corrected chi connectivity index (χ4v) is 2.94. The highest BCUT2D eigenvalue weighted by Crippen LogP contribution is 2.10. The van der Waals surface area contributed by atoms with Gasteiger partial charge in [-0.3, -0.25) is 0 Å². The minimum absolute atomic E-state index is 0.301. The first kappa shape index (κ1) is 14.7. The summed E-state index contributed by atoms with van der Waals surface area (Å²) in [6, 6.07) is 6.96. The first-order valence-corrected chi connectivity index (χ1v) is 8.08. The van der Waals surface area contributed by atoms with Crippen molar-refractivity contribution in [3.05, 3.63) is 47.5 Å². The quantitative estimate of drug-likeness (QED) is 0.853. The van der Waals surface area contributed by atoms with Crippen molar-refractivity contribution < 1.29 is 8.42 Å². The van der Waals surface area contributed by atoms with Crippen LogP contribution in [0.25, 0.3) is 0 Å². The highest BCUT2D eigenvalue weighted by atomic mass is 32.2. The lowest BCUT2D eigenvalue weighted by Gasteiger charge is -2.06. The van der Waals surface area contributed by atoms with Crippen LogP contribution in [-0.2, 0) is 22.9 Å². The number of H-pyrrole nitrogens is 1. The first-order chi connectivity index (χ1) is 9.51. The number of benzene rings is 1. The molecule has 0 atom stereocenters. The van der Waals surface area contributed by atoms with Gasteiger partial charge in [0.2, 0.25) is 10.0 Å². The van der Waals surface area contributed by atoms with E-state index in [1.54, 1.807) is 18.3 Å². The van der Waals surface area contributed by atoms with Crippen LogP contribution in [0.4, 0.5) is 0 Å². The Hall–Kier alpha value is -1.66. The number of imidazole rings is 1. The van der Waals surface area contributed by atoms with Crippen molar-refractivity contribution in [1.29, 1.82) is 0 Å². The maximum Gasteiger partial charge on any atom is 0.240 e. The van der Waals surface area contributed by atoms with Gasteiger partial charge < -0.3 is 4.98 Å². The topological polar surface area (TPSA) is 74.8 Å². The van der Waals surface area contributed by atoms with Crippen molar-refractivity contribution in [3.63, 3.8) is 0 Å². The van der Waals surface area contributed by atoms with Crippen molar-refractivity contribution in [2.45, 2.75) is 31.6 Å². The Labute approximate surface area is 119 Å². The Morgan fingerprint density at radius 3 is 2.50 bits per heavy atom. The van der Waals surface area contributed by atoms with Gasteiger partial charge >= 0.3 is 0 Å². The molecule has 2 N–H and O–H groups in total. The van der Waals surface area contributed by atoms with Crippen molar-refractivity contribution >= 4 is 10.0 Å². The number of nitrogens with zero attached hydrogens (tertiary/aromatic N) is 1. The van der Waals surface area contributed by atoms with Crippen LogP contribution in [0.5, 0.6) is 0 Å². The number of aromatic nitrogens is 2. The molecule has 0 bridgehead atoms. The first-order valence-electron chi connectivity index (χ1n) is 6.60. The van der Waals surface area contributed by atoms with Crippen molar-refractivity contribution in [2.24, 2.45) is 0 Å². The maximum atomic E-state index is 12.1. The number of nitrogens with one attached hydrogen (secondary N) is 2. The second-order valence-electron chi connectivity index (χ2n) is 4.64. The number of hydrogen-bond donors (Lipinski definition) is 2.